The molecule has 0 spiro atoms. The van der Waals surface area contributed by atoms with Crippen molar-refractivity contribution in [2.24, 2.45) is 0 Å². The SMILES string of the molecule is O=C(O)c1c(=O)n(-c2cccc(Cl)c2)nc2c1[nH]c1ccccc12. The molecule has 0 saturated carbocycles. The van der Waals surface area contributed by atoms with Gasteiger partial charge >= 0.3 is 5.97 Å². The van der Waals surface area contributed by atoms with Crippen molar-refractivity contribution in [3.8, 4) is 5.69 Å². The molecule has 0 aliphatic heterocycles. The van der Waals surface area contributed by atoms with Crippen molar-refractivity contribution >= 4 is 39.5 Å². The zero-order chi connectivity index (χ0) is 16.8. The highest BCUT2D eigenvalue weighted by atomic mass is 35.5. The van der Waals surface area contributed by atoms with Gasteiger partial charge in [0.2, 0.25) is 0 Å². The standard InChI is InChI=1S/C17H10ClN3O3/c18-9-4-3-5-10(8-9)21-16(22)13(17(23)24)15-14(20-21)11-6-1-2-7-12(11)19-15/h1-8,19H,(H,23,24). The molecule has 2 heterocycles. The summed E-state index contributed by atoms with van der Waals surface area (Å²) in [5, 5.41) is 15.1. The third-order valence-electron chi connectivity index (χ3n) is 3.80. The van der Waals surface area contributed by atoms with Crippen molar-refractivity contribution in [3.05, 3.63) is 69.5 Å². The van der Waals surface area contributed by atoms with E-state index in [1.54, 1.807) is 30.3 Å². The molecule has 0 aliphatic carbocycles. The molecule has 24 heavy (non-hydrogen) atoms. The van der Waals surface area contributed by atoms with Crippen molar-refractivity contribution < 1.29 is 9.90 Å². The quantitative estimate of drug-likeness (QED) is 0.587. The van der Waals surface area contributed by atoms with Gasteiger partial charge in [0.05, 0.1) is 11.2 Å². The van der Waals surface area contributed by atoms with Gasteiger partial charge < -0.3 is 10.1 Å². The number of nitrogens with one attached hydrogen (secondary N) is 1. The molecule has 2 aromatic carbocycles. The van der Waals surface area contributed by atoms with Gasteiger partial charge in [-0.25, -0.2) is 4.79 Å². The second-order valence-corrected chi connectivity index (χ2v) is 5.71. The predicted octanol–water partition coefficient (Wildman–Crippen LogP) is 3.22. The zero-order valence-electron chi connectivity index (χ0n) is 12.2. The molecule has 118 valence electrons. The van der Waals surface area contributed by atoms with Gasteiger partial charge in [0.1, 0.15) is 5.52 Å². The molecule has 0 amide bonds. The number of H-pyrrole nitrogens is 1. The number of halogens is 1. The summed E-state index contributed by atoms with van der Waals surface area (Å²) in [6.07, 6.45) is 0. The minimum Gasteiger partial charge on any atom is -0.477 e. The van der Waals surface area contributed by atoms with Crippen LogP contribution >= 0.6 is 11.6 Å². The summed E-state index contributed by atoms with van der Waals surface area (Å²) in [7, 11) is 0. The number of fused-ring (bicyclic) bond motifs is 3. The van der Waals surface area contributed by atoms with Crippen LogP contribution in [-0.4, -0.2) is 25.8 Å². The van der Waals surface area contributed by atoms with Crippen molar-refractivity contribution in [1.29, 1.82) is 0 Å². The smallest absolute Gasteiger partial charge is 0.343 e. The fourth-order valence-electron chi connectivity index (χ4n) is 2.75. The van der Waals surface area contributed by atoms with Crippen LogP contribution in [-0.2, 0) is 0 Å². The first-order chi connectivity index (χ1) is 11.6. The number of hydrogen-bond donors (Lipinski definition) is 2. The van der Waals surface area contributed by atoms with E-state index in [0.717, 1.165) is 10.1 Å². The monoisotopic (exact) mass is 339 g/mol. The molecule has 2 N–H and O–H groups in total. The average molecular weight is 340 g/mol. The topological polar surface area (TPSA) is 88.0 Å². The lowest BCUT2D eigenvalue weighted by Gasteiger charge is -2.07. The number of aromatic nitrogens is 3. The van der Waals surface area contributed by atoms with E-state index >= 15 is 0 Å². The van der Waals surface area contributed by atoms with E-state index in [2.05, 4.69) is 10.1 Å². The van der Waals surface area contributed by atoms with Crippen LogP contribution in [0.2, 0.25) is 5.02 Å². The van der Waals surface area contributed by atoms with Crippen LogP contribution in [0.25, 0.3) is 27.6 Å². The maximum atomic E-state index is 12.7. The number of carboxylic acid groups (broad SMARTS) is 1. The number of aromatic amines is 1. The van der Waals surface area contributed by atoms with Crippen molar-refractivity contribution in [1.82, 2.24) is 14.8 Å². The number of benzene rings is 2. The summed E-state index contributed by atoms with van der Waals surface area (Å²) in [5.74, 6) is -1.31. The number of para-hydroxylation sites is 1. The largest absolute Gasteiger partial charge is 0.477 e. The summed E-state index contributed by atoms with van der Waals surface area (Å²) in [6, 6.07) is 13.8. The first-order valence-electron chi connectivity index (χ1n) is 7.09. The fraction of sp³-hybridized carbons (Fsp3) is 0. The Hall–Kier alpha value is -3.12. The van der Waals surface area contributed by atoms with Crippen molar-refractivity contribution in [3.63, 3.8) is 0 Å². The van der Waals surface area contributed by atoms with Gasteiger partial charge in [0.15, 0.2) is 5.56 Å². The summed E-state index contributed by atoms with van der Waals surface area (Å²) < 4.78 is 1.07. The molecule has 4 rings (SSSR count). The van der Waals surface area contributed by atoms with E-state index in [0.29, 0.717) is 21.7 Å². The fourth-order valence-corrected chi connectivity index (χ4v) is 2.94. The Balaban J connectivity index is 2.19. The Morgan fingerprint density at radius 1 is 1.17 bits per heavy atom. The van der Waals surface area contributed by atoms with Gasteiger partial charge in [-0.1, -0.05) is 35.9 Å². The van der Waals surface area contributed by atoms with Crippen LogP contribution in [0.3, 0.4) is 0 Å². The molecule has 0 saturated heterocycles. The minimum absolute atomic E-state index is 0.215. The summed E-state index contributed by atoms with van der Waals surface area (Å²) in [6.45, 7) is 0. The normalized spacial score (nSPS) is 11.2. The van der Waals surface area contributed by atoms with E-state index in [1.165, 1.54) is 0 Å². The van der Waals surface area contributed by atoms with Crippen LogP contribution in [0.1, 0.15) is 10.4 Å². The van der Waals surface area contributed by atoms with E-state index in [9.17, 15) is 14.7 Å². The summed E-state index contributed by atoms with van der Waals surface area (Å²) in [5.41, 5.74) is 0.683. The molecule has 0 atom stereocenters. The number of hydrogen-bond acceptors (Lipinski definition) is 3. The lowest BCUT2D eigenvalue weighted by Crippen LogP contribution is -2.27. The molecule has 0 unspecified atom stereocenters. The number of nitrogens with zero attached hydrogens (tertiary/aromatic N) is 2. The second kappa shape index (κ2) is 5.21. The third-order valence-corrected chi connectivity index (χ3v) is 4.04. The van der Waals surface area contributed by atoms with E-state index < -0.39 is 11.5 Å². The summed E-state index contributed by atoms with van der Waals surface area (Å²) in [4.78, 5) is 27.3. The molecular weight excluding hydrogens is 330 g/mol. The Kier molecular flexibility index (Phi) is 3.14. The number of carbonyl (C=O) groups is 1. The highest BCUT2D eigenvalue weighted by Gasteiger charge is 2.21. The Bertz CT molecular complexity index is 1180. The first kappa shape index (κ1) is 14.5. The third kappa shape index (κ3) is 2.08. The lowest BCUT2D eigenvalue weighted by atomic mass is 10.2. The predicted molar refractivity (Wildman–Crippen MR) is 91.2 cm³/mol. The van der Waals surface area contributed by atoms with Crippen LogP contribution in [0.4, 0.5) is 0 Å². The van der Waals surface area contributed by atoms with Crippen LogP contribution in [0.15, 0.2) is 53.3 Å². The number of rotatable bonds is 2. The van der Waals surface area contributed by atoms with Gasteiger partial charge in [0.25, 0.3) is 5.56 Å². The zero-order valence-corrected chi connectivity index (χ0v) is 12.9. The average Bonchev–Trinajstić information content (AvgIpc) is 2.91. The van der Waals surface area contributed by atoms with Crippen LogP contribution < -0.4 is 5.56 Å². The van der Waals surface area contributed by atoms with E-state index in [-0.39, 0.29) is 11.1 Å². The molecule has 0 fully saturated rings. The molecule has 0 bridgehead atoms. The summed E-state index contributed by atoms with van der Waals surface area (Å²) >= 11 is 5.98. The molecule has 6 nitrogen and oxygen atoms in total. The van der Waals surface area contributed by atoms with E-state index in [4.69, 9.17) is 11.6 Å². The highest BCUT2D eigenvalue weighted by molar-refractivity contribution is 6.30. The molecule has 0 radical (unpaired) electrons. The Morgan fingerprint density at radius 2 is 1.96 bits per heavy atom. The second-order valence-electron chi connectivity index (χ2n) is 5.27. The van der Waals surface area contributed by atoms with Gasteiger partial charge in [0, 0.05) is 15.9 Å². The molecule has 0 aliphatic rings. The lowest BCUT2D eigenvalue weighted by molar-refractivity contribution is 0.0696. The van der Waals surface area contributed by atoms with Gasteiger partial charge in [-0.2, -0.15) is 9.78 Å². The maximum Gasteiger partial charge on any atom is 0.343 e. The van der Waals surface area contributed by atoms with Gasteiger partial charge in [-0.3, -0.25) is 4.79 Å². The molecular formula is C17H10ClN3O3. The maximum absolute atomic E-state index is 12.7. The minimum atomic E-state index is -1.31. The number of carboxylic acids is 1. The first-order valence-corrected chi connectivity index (χ1v) is 7.47. The van der Waals surface area contributed by atoms with Gasteiger partial charge in [-0.05, 0) is 24.3 Å². The van der Waals surface area contributed by atoms with Gasteiger partial charge in [-0.15, -0.1) is 0 Å². The van der Waals surface area contributed by atoms with Crippen LogP contribution in [0.5, 0.6) is 0 Å². The van der Waals surface area contributed by atoms with Crippen LogP contribution in [0, 0.1) is 0 Å². The highest BCUT2D eigenvalue weighted by Crippen LogP contribution is 2.25. The Morgan fingerprint density at radius 3 is 2.71 bits per heavy atom. The molecule has 7 heteroatoms. The Labute approximate surface area is 139 Å². The number of aromatic carboxylic acids is 1. The van der Waals surface area contributed by atoms with Crippen molar-refractivity contribution in [2.75, 3.05) is 0 Å². The molecule has 4 aromatic rings. The molecule has 2 aromatic heterocycles. The van der Waals surface area contributed by atoms with Crippen molar-refractivity contribution in [2.45, 2.75) is 0 Å². The van der Waals surface area contributed by atoms with E-state index in [1.807, 2.05) is 18.2 Å².